The third-order valence-electron chi connectivity index (χ3n) is 8.07. The van der Waals surface area contributed by atoms with E-state index in [0.717, 1.165) is 59.5 Å². The van der Waals surface area contributed by atoms with Crippen LogP contribution >= 0.6 is 0 Å². The Hall–Kier alpha value is -3.34. The van der Waals surface area contributed by atoms with E-state index in [1.165, 1.54) is 19.2 Å². The molecule has 1 atom stereocenters. The summed E-state index contributed by atoms with van der Waals surface area (Å²) in [6, 6.07) is 10.3. The van der Waals surface area contributed by atoms with Crippen molar-refractivity contribution in [1.29, 1.82) is 0 Å². The van der Waals surface area contributed by atoms with Crippen molar-refractivity contribution >= 4 is 30.7 Å². The first-order valence-electron chi connectivity index (χ1n) is 14.2. The lowest BCUT2D eigenvalue weighted by atomic mass is 10.1. The molecule has 8 nitrogen and oxygen atoms in total. The normalized spacial score (nSPS) is 16.2. The Morgan fingerprint density at radius 1 is 1.07 bits per heavy atom. The summed E-state index contributed by atoms with van der Waals surface area (Å²) in [5.74, 6) is 0.0668. The summed E-state index contributed by atoms with van der Waals surface area (Å²) in [5.41, 5.74) is 5.40. The number of ether oxygens (including phenoxy) is 2. The summed E-state index contributed by atoms with van der Waals surface area (Å²) in [7, 11) is -0.391. The van der Waals surface area contributed by atoms with Gasteiger partial charge in [0, 0.05) is 54.9 Å². The van der Waals surface area contributed by atoms with E-state index < -0.39 is 8.32 Å². The van der Waals surface area contributed by atoms with Gasteiger partial charge in [-0.2, -0.15) is 5.10 Å². The van der Waals surface area contributed by atoms with Crippen LogP contribution in [0, 0.1) is 5.82 Å². The van der Waals surface area contributed by atoms with Gasteiger partial charge in [0.05, 0.1) is 35.7 Å². The molecular weight excluding hydrogens is 537 g/mol. The van der Waals surface area contributed by atoms with E-state index in [1.54, 1.807) is 6.07 Å². The zero-order valence-corrected chi connectivity index (χ0v) is 25.8. The highest BCUT2D eigenvalue weighted by Gasteiger charge is 2.37. The molecule has 218 valence electrons. The molecule has 1 unspecified atom stereocenters. The predicted molar refractivity (Wildman–Crippen MR) is 163 cm³/mol. The summed E-state index contributed by atoms with van der Waals surface area (Å²) in [4.78, 5) is 10.1. The molecule has 2 aromatic carbocycles. The first kappa shape index (κ1) is 29.2. The maximum atomic E-state index is 14.1. The van der Waals surface area contributed by atoms with Crippen LogP contribution in [0.15, 0.2) is 48.8 Å². The van der Waals surface area contributed by atoms with Gasteiger partial charge in [-0.15, -0.1) is 0 Å². The summed E-state index contributed by atoms with van der Waals surface area (Å²) in [5, 5.41) is 8.01. The predicted octanol–water partition coefficient (Wildman–Crippen LogP) is 7.65. The van der Waals surface area contributed by atoms with Gasteiger partial charge in [-0.1, -0.05) is 20.8 Å². The number of methoxy groups -OCH3 is 1. The number of nitrogens with zero attached hydrogens (tertiary/aromatic N) is 4. The standard InChI is InChI=1S/C31H40FN5O3Si/c1-31(2,3)41(5,6)40-14-12-27-30(21-19-33-37(20-21)29-9-7-8-13-39-29)36-28-18-23(10-11-26(28)35-27)34-24-15-22(32)16-25(17-24)38-4/h10-11,15-20,29,34H,7-9,12-14H2,1-6H3. The number of fused-ring (bicyclic) bond motifs is 1. The fourth-order valence-electron chi connectivity index (χ4n) is 4.66. The molecule has 0 aliphatic carbocycles. The van der Waals surface area contributed by atoms with Crippen molar-refractivity contribution in [3.8, 4) is 17.0 Å². The fraction of sp³-hybridized carbons (Fsp3) is 0.452. The number of nitrogens with one attached hydrogen (secondary N) is 1. The monoisotopic (exact) mass is 577 g/mol. The Morgan fingerprint density at radius 3 is 2.63 bits per heavy atom. The van der Waals surface area contributed by atoms with Crippen LogP contribution in [0.3, 0.4) is 0 Å². The van der Waals surface area contributed by atoms with Crippen molar-refractivity contribution in [2.75, 3.05) is 25.6 Å². The summed E-state index contributed by atoms with van der Waals surface area (Å²) < 4.78 is 33.6. The van der Waals surface area contributed by atoms with Crippen LogP contribution in [-0.2, 0) is 15.6 Å². The van der Waals surface area contributed by atoms with E-state index in [1.807, 2.05) is 35.3 Å². The number of aromatic nitrogens is 4. The van der Waals surface area contributed by atoms with Gasteiger partial charge in [-0.25, -0.2) is 19.0 Å². The first-order valence-corrected chi connectivity index (χ1v) is 17.2. The van der Waals surface area contributed by atoms with Crippen molar-refractivity contribution in [2.24, 2.45) is 0 Å². The highest BCUT2D eigenvalue weighted by atomic mass is 28.4. The summed E-state index contributed by atoms with van der Waals surface area (Å²) in [6.45, 7) is 12.6. The number of rotatable bonds is 9. The van der Waals surface area contributed by atoms with E-state index in [4.69, 9.17) is 23.9 Å². The molecule has 0 spiro atoms. The van der Waals surface area contributed by atoms with Crippen molar-refractivity contribution in [2.45, 2.75) is 70.8 Å². The molecule has 41 heavy (non-hydrogen) atoms. The van der Waals surface area contributed by atoms with E-state index in [2.05, 4.69) is 44.3 Å². The Bertz CT molecular complexity index is 1510. The van der Waals surface area contributed by atoms with Crippen molar-refractivity contribution in [3.05, 3.63) is 60.3 Å². The molecule has 10 heteroatoms. The van der Waals surface area contributed by atoms with Gasteiger partial charge in [-0.05, 0) is 61.7 Å². The molecule has 4 aromatic rings. The zero-order valence-electron chi connectivity index (χ0n) is 24.8. The Kier molecular flexibility index (Phi) is 8.44. The van der Waals surface area contributed by atoms with Gasteiger partial charge in [0.1, 0.15) is 17.8 Å². The second-order valence-electron chi connectivity index (χ2n) is 12.1. The van der Waals surface area contributed by atoms with E-state index in [0.29, 0.717) is 24.5 Å². The van der Waals surface area contributed by atoms with Crippen LogP contribution in [0.25, 0.3) is 22.3 Å². The van der Waals surface area contributed by atoms with Gasteiger partial charge in [0.25, 0.3) is 0 Å². The Labute approximate surface area is 242 Å². The number of hydrogen-bond acceptors (Lipinski definition) is 7. The highest BCUT2D eigenvalue weighted by Crippen LogP contribution is 2.37. The molecule has 0 bridgehead atoms. The molecule has 1 aliphatic heterocycles. The molecule has 2 aromatic heterocycles. The topological polar surface area (TPSA) is 83.3 Å². The van der Waals surface area contributed by atoms with Gasteiger partial charge >= 0.3 is 0 Å². The molecule has 1 N–H and O–H groups in total. The Balaban J connectivity index is 1.48. The quantitative estimate of drug-likeness (QED) is 0.205. The smallest absolute Gasteiger partial charge is 0.191 e. The maximum absolute atomic E-state index is 14.1. The largest absolute Gasteiger partial charge is 0.497 e. The van der Waals surface area contributed by atoms with Crippen molar-refractivity contribution in [1.82, 2.24) is 19.7 Å². The maximum Gasteiger partial charge on any atom is 0.191 e. The molecule has 1 saturated heterocycles. The van der Waals surface area contributed by atoms with E-state index >= 15 is 0 Å². The second-order valence-corrected chi connectivity index (χ2v) is 16.9. The average Bonchev–Trinajstić information content (AvgIpc) is 3.42. The number of hydrogen-bond donors (Lipinski definition) is 1. The molecular formula is C31H40FN5O3Si. The minimum absolute atomic E-state index is 0.0599. The van der Waals surface area contributed by atoms with Crippen LogP contribution in [0.5, 0.6) is 5.75 Å². The van der Waals surface area contributed by atoms with E-state index in [9.17, 15) is 4.39 Å². The molecule has 0 radical (unpaired) electrons. The van der Waals surface area contributed by atoms with Crippen LogP contribution in [0.1, 0.15) is 52.0 Å². The first-order chi connectivity index (χ1) is 19.5. The molecule has 0 amide bonds. The lowest BCUT2D eigenvalue weighted by Gasteiger charge is -2.36. The molecule has 1 aliphatic rings. The lowest BCUT2D eigenvalue weighted by Crippen LogP contribution is -2.41. The second kappa shape index (κ2) is 11.9. The zero-order chi connectivity index (χ0) is 29.2. The average molecular weight is 578 g/mol. The van der Waals surface area contributed by atoms with Crippen molar-refractivity contribution < 1.29 is 18.3 Å². The van der Waals surface area contributed by atoms with E-state index in [-0.39, 0.29) is 17.1 Å². The summed E-state index contributed by atoms with van der Waals surface area (Å²) in [6.07, 6.45) is 7.57. The third kappa shape index (κ3) is 6.77. The van der Waals surface area contributed by atoms with Crippen molar-refractivity contribution in [3.63, 3.8) is 0 Å². The number of benzene rings is 2. The number of anilines is 2. The van der Waals surface area contributed by atoms with Crippen LogP contribution in [-0.4, -0.2) is 48.4 Å². The lowest BCUT2D eigenvalue weighted by molar-refractivity contribution is -0.0394. The van der Waals surface area contributed by atoms with Crippen LogP contribution in [0.2, 0.25) is 18.1 Å². The highest BCUT2D eigenvalue weighted by molar-refractivity contribution is 6.74. The Morgan fingerprint density at radius 2 is 1.90 bits per heavy atom. The van der Waals surface area contributed by atoms with Crippen LogP contribution < -0.4 is 10.1 Å². The molecule has 3 heterocycles. The third-order valence-corrected chi connectivity index (χ3v) is 12.6. The molecule has 1 fully saturated rings. The number of halogens is 1. The van der Waals surface area contributed by atoms with Gasteiger partial charge < -0.3 is 19.2 Å². The minimum atomic E-state index is -1.91. The van der Waals surface area contributed by atoms with Gasteiger partial charge in [0.2, 0.25) is 0 Å². The van der Waals surface area contributed by atoms with Crippen LogP contribution in [0.4, 0.5) is 15.8 Å². The summed E-state index contributed by atoms with van der Waals surface area (Å²) >= 11 is 0. The van der Waals surface area contributed by atoms with Gasteiger partial charge in [0.15, 0.2) is 8.32 Å². The molecule has 5 rings (SSSR count). The van der Waals surface area contributed by atoms with Gasteiger partial charge in [-0.3, -0.25) is 0 Å². The fourth-order valence-corrected chi connectivity index (χ4v) is 5.71. The molecule has 0 saturated carbocycles. The SMILES string of the molecule is COc1cc(F)cc(Nc2ccc3nc(CCO[Si](C)(C)C(C)(C)C)c(-c4cnn(C5CCCCO5)c4)nc3c2)c1. The minimum Gasteiger partial charge on any atom is -0.497 e.